The molecule has 1 aliphatic heterocycles. The third-order valence-corrected chi connectivity index (χ3v) is 2.81. The first-order valence-electron chi connectivity index (χ1n) is 5.62. The van der Waals surface area contributed by atoms with Gasteiger partial charge in [-0.3, -0.25) is 0 Å². The second kappa shape index (κ2) is 4.33. The lowest BCUT2D eigenvalue weighted by Gasteiger charge is -2.23. The molecular formula is C13H19NO. The highest BCUT2D eigenvalue weighted by Crippen LogP contribution is 2.24. The van der Waals surface area contributed by atoms with Gasteiger partial charge in [0.25, 0.3) is 0 Å². The van der Waals surface area contributed by atoms with Gasteiger partial charge in [-0.2, -0.15) is 0 Å². The Labute approximate surface area is 91.4 Å². The average molecular weight is 205 g/mol. The third kappa shape index (κ3) is 2.39. The summed E-state index contributed by atoms with van der Waals surface area (Å²) in [6.07, 6.45) is 1.13. The molecule has 0 aliphatic carbocycles. The molecule has 1 aliphatic rings. The highest BCUT2D eigenvalue weighted by molar-refractivity contribution is 5.35. The predicted octanol–water partition coefficient (Wildman–Crippen LogP) is 2.42. The maximum atomic E-state index is 5.97. The fraction of sp³-hybridized carbons (Fsp3) is 0.538. The Morgan fingerprint density at radius 3 is 3.00 bits per heavy atom. The van der Waals surface area contributed by atoms with Crippen LogP contribution >= 0.6 is 0 Å². The highest BCUT2D eigenvalue weighted by Gasteiger charge is 2.17. The normalized spacial score (nSPS) is 20.4. The smallest absolute Gasteiger partial charge is 0.0721 e. The SMILES string of the molecule is CC(C)Cc1ccc2c(c1)COC[C@H]2N. The average Bonchev–Trinajstić information content (AvgIpc) is 2.17. The van der Waals surface area contributed by atoms with Crippen molar-refractivity contribution in [1.82, 2.24) is 0 Å². The summed E-state index contributed by atoms with van der Waals surface area (Å²) in [5.74, 6) is 0.696. The van der Waals surface area contributed by atoms with Crippen molar-refractivity contribution in [2.75, 3.05) is 6.61 Å². The van der Waals surface area contributed by atoms with Crippen LogP contribution in [0.25, 0.3) is 0 Å². The van der Waals surface area contributed by atoms with Crippen LogP contribution in [0.3, 0.4) is 0 Å². The van der Waals surface area contributed by atoms with Crippen molar-refractivity contribution in [3.05, 3.63) is 34.9 Å². The molecule has 2 nitrogen and oxygen atoms in total. The van der Waals surface area contributed by atoms with E-state index >= 15 is 0 Å². The van der Waals surface area contributed by atoms with Gasteiger partial charge in [-0.15, -0.1) is 0 Å². The lowest BCUT2D eigenvalue weighted by molar-refractivity contribution is 0.0923. The molecule has 0 bridgehead atoms. The van der Waals surface area contributed by atoms with Gasteiger partial charge in [0.1, 0.15) is 0 Å². The Balaban J connectivity index is 2.25. The summed E-state index contributed by atoms with van der Waals surface area (Å²) in [7, 11) is 0. The molecule has 1 atom stereocenters. The standard InChI is InChI=1S/C13H19NO/c1-9(2)5-10-3-4-12-11(6-10)7-15-8-13(12)14/h3-4,6,9,13H,5,7-8,14H2,1-2H3/t13-/m1/s1. The second-order valence-electron chi connectivity index (χ2n) is 4.75. The number of rotatable bonds is 2. The summed E-state index contributed by atoms with van der Waals surface area (Å²) in [6.45, 7) is 5.84. The molecule has 0 fully saturated rings. The second-order valence-corrected chi connectivity index (χ2v) is 4.75. The van der Waals surface area contributed by atoms with Gasteiger partial charge in [-0.05, 0) is 29.0 Å². The van der Waals surface area contributed by atoms with Gasteiger partial charge in [0, 0.05) is 0 Å². The highest BCUT2D eigenvalue weighted by atomic mass is 16.5. The van der Waals surface area contributed by atoms with Crippen molar-refractivity contribution in [3.63, 3.8) is 0 Å². The maximum absolute atomic E-state index is 5.97. The van der Waals surface area contributed by atoms with E-state index in [0.717, 1.165) is 13.0 Å². The first kappa shape index (κ1) is 10.7. The Bertz CT molecular complexity index is 346. The Hall–Kier alpha value is -0.860. The number of ether oxygens (including phenoxy) is 1. The van der Waals surface area contributed by atoms with Gasteiger partial charge in [0.15, 0.2) is 0 Å². The van der Waals surface area contributed by atoms with Crippen LogP contribution in [0, 0.1) is 5.92 Å². The van der Waals surface area contributed by atoms with Gasteiger partial charge in [0.2, 0.25) is 0 Å². The van der Waals surface area contributed by atoms with E-state index in [1.165, 1.54) is 16.7 Å². The van der Waals surface area contributed by atoms with E-state index in [2.05, 4.69) is 32.0 Å². The number of nitrogens with two attached hydrogens (primary N) is 1. The molecule has 0 unspecified atom stereocenters. The van der Waals surface area contributed by atoms with Crippen LogP contribution in [0.2, 0.25) is 0 Å². The van der Waals surface area contributed by atoms with E-state index in [1.807, 2.05) is 0 Å². The van der Waals surface area contributed by atoms with E-state index in [-0.39, 0.29) is 6.04 Å². The molecule has 2 heteroatoms. The molecule has 0 saturated heterocycles. The summed E-state index contributed by atoms with van der Waals surface area (Å²) in [5.41, 5.74) is 9.89. The van der Waals surface area contributed by atoms with Crippen molar-refractivity contribution in [2.24, 2.45) is 11.7 Å². The minimum Gasteiger partial charge on any atom is -0.375 e. The van der Waals surface area contributed by atoms with Crippen molar-refractivity contribution in [2.45, 2.75) is 32.9 Å². The van der Waals surface area contributed by atoms with Crippen LogP contribution in [0.5, 0.6) is 0 Å². The predicted molar refractivity (Wildman–Crippen MR) is 61.6 cm³/mol. The fourth-order valence-corrected chi connectivity index (χ4v) is 2.13. The molecule has 0 saturated carbocycles. The zero-order valence-corrected chi connectivity index (χ0v) is 9.49. The van der Waals surface area contributed by atoms with Crippen LogP contribution in [0.1, 0.15) is 36.6 Å². The van der Waals surface area contributed by atoms with Gasteiger partial charge < -0.3 is 10.5 Å². The topological polar surface area (TPSA) is 35.2 Å². The van der Waals surface area contributed by atoms with Crippen molar-refractivity contribution in [1.29, 1.82) is 0 Å². The van der Waals surface area contributed by atoms with E-state index in [1.54, 1.807) is 0 Å². The van der Waals surface area contributed by atoms with Crippen LogP contribution in [-0.2, 0) is 17.8 Å². The molecule has 0 spiro atoms. The maximum Gasteiger partial charge on any atom is 0.0721 e. The first-order valence-corrected chi connectivity index (χ1v) is 5.62. The molecule has 1 heterocycles. The number of benzene rings is 1. The summed E-state index contributed by atoms with van der Waals surface area (Å²) in [4.78, 5) is 0. The minimum absolute atomic E-state index is 0.0573. The molecule has 1 aromatic carbocycles. The summed E-state index contributed by atoms with van der Waals surface area (Å²) in [6, 6.07) is 6.67. The zero-order chi connectivity index (χ0) is 10.8. The Morgan fingerprint density at radius 1 is 1.47 bits per heavy atom. The Kier molecular flexibility index (Phi) is 3.08. The van der Waals surface area contributed by atoms with E-state index in [4.69, 9.17) is 10.5 Å². The number of hydrogen-bond acceptors (Lipinski definition) is 2. The van der Waals surface area contributed by atoms with E-state index in [0.29, 0.717) is 12.5 Å². The van der Waals surface area contributed by atoms with Crippen LogP contribution < -0.4 is 5.73 Å². The fourth-order valence-electron chi connectivity index (χ4n) is 2.13. The third-order valence-electron chi connectivity index (χ3n) is 2.81. The van der Waals surface area contributed by atoms with Gasteiger partial charge in [0.05, 0.1) is 19.3 Å². The van der Waals surface area contributed by atoms with Crippen molar-refractivity contribution >= 4 is 0 Å². The molecule has 0 radical (unpaired) electrons. The quantitative estimate of drug-likeness (QED) is 0.804. The van der Waals surface area contributed by atoms with E-state index < -0.39 is 0 Å². The monoisotopic (exact) mass is 205 g/mol. The molecule has 0 aromatic heterocycles. The summed E-state index contributed by atoms with van der Waals surface area (Å²) in [5, 5.41) is 0. The Morgan fingerprint density at radius 2 is 2.27 bits per heavy atom. The van der Waals surface area contributed by atoms with Gasteiger partial charge >= 0.3 is 0 Å². The molecular weight excluding hydrogens is 186 g/mol. The molecule has 2 rings (SSSR count). The molecule has 82 valence electrons. The van der Waals surface area contributed by atoms with Gasteiger partial charge in [-0.25, -0.2) is 0 Å². The van der Waals surface area contributed by atoms with Crippen LogP contribution in [-0.4, -0.2) is 6.61 Å². The molecule has 1 aromatic rings. The lowest BCUT2D eigenvalue weighted by Crippen LogP contribution is -2.23. The molecule has 2 N–H and O–H groups in total. The minimum atomic E-state index is 0.0573. The molecule has 15 heavy (non-hydrogen) atoms. The van der Waals surface area contributed by atoms with Gasteiger partial charge in [-0.1, -0.05) is 32.0 Å². The molecule has 0 amide bonds. The number of hydrogen-bond donors (Lipinski definition) is 1. The van der Waals surface area contributed by atoms with Crippen LogP contribution in [0.15, 0.2) is 18.2 Å². The largest absolute Gasteiger partial charge is 0.375 e. The summed E-state index contributed by atoms with van der Waals surface area (Å²) >= 11 is 0. The lowest BCUT2D eigenvalue weighted by atomic mass is 9.94. The first-order chi connectivity index (χ1) is 7.16. The van der Waals surface area contributed by atoms with Crippen molar-refractivity contribution < 1.29 is 4.74 Å². The number of fused-ring (bicyclic) bond motifs is 1. The van der Waals surface area contributed by atoms with Crippen LogP contribution in [0.4, 0.5) is 0 Å². The zero-order valence-electron chi connectivity index (χ0n) is 9.49. The van der Waals surface area contributed by atoms with E-state index in [9.17, 15) is 0 Å². The van der Waals surface area contributed by atoms with Crippen molar-refractivity contribution in [3.8, 4) is 0 Å². The summed E-state index contributed by atoms with van der Waals surface area (Å²) < 4.78 is 5.44.